The van der Waals surface area contributed by atoms with Crippen LogP contribution in [-0.4, -0.2) is 48.7 Å². The number of amides is 1. The molecule has 0 fully saturated rings. The van der Waals surface area contributed by atoms with Crippen LogP contribution in [0.3, 0.4) is 0 Å². The van der Waals surface area contributed by atoms with Crippen LogP contribution in [0.1, 0.15) is 17.5 Å². The molecule has 1 amide bonds. The predicted molar refractivity (Wildman–Crippen MR) is 134 cm³/mol. The molecule has 4 nitrogen and oxygen atoms in total. The molecule has 30 heavy (non-hydrogen) atoms. The second-order valence-electron chi connectivity index (χ2n) is 7.34. The van der Waals surface area contributed by atoms with Gasteiger partial charge in [0.25, 0.3) is 0 Å². The van der Waals surface area contributed by atoms with Crippen molar-refractivity contribution >= 4 is 68.4 Å². The quantitative estimate of drug-likeness (QED) is 0.364. The van der Waals surface area contributed by atoms with E-state index >= 15 is 0 Å². The molecule has 0 saturated carbocycles. The molecule has 0 aliphatic heterocycles. The fraction of sp³-hybridized carbons (Fsp3) is 0.364. The zero-order valence-electron chi connectivity index (χ0n) is 17.6. The van der Waals surface area contributed by atoms with Crippen LogP contribution in [0.5, 0.6) is 0 Å². The van der Waals surface area contributed by atoms with Gasteiger partial charge in [0, 0.05) is 11.4 Å². The van der Waals surface area contributed by atoms with E-state index in [9.17, 15) is 4.79 Å². The van der Waals surface area contributed by atoms with Crippen LogP contribution < -0.4 is 4.90 Å². The van der Waals surface area contributed by atoms with Gasteiger partial charge in [0.05, 0.1) is 21.0 Å². The lowest BCUT2D eigenvalue weighted by molar-refractivity contribution is -0.116. The number of aromatic nitrogens is 1. The minimum atomic E-state index is 0. The van der Waals surface area contributed by atoms with Gasteiger partial charge in [0.15, 0.2) is 5.13 Å². The third-order valence-corrected chi connectivity index (χ3v) is 7.12. The van der Waals surface area contributed by atoms with Crippen molar-refractivity contribution in [3.8, 4) is 0 Å². The number of hydrogen-bond acceptors (Lipinski definition) is 5. The number of rotatable bonds is 8. The Bertz CT molecular complexity index is 951. The highest BCUT2D eigenvalue weighted by Crippen LogP contribution is 2.36. The Balaban J connectivity index is 0.00000320. The summed E-state index contributed by atoms with van der Waals surface area (Å²) < 4.78 is 0.943. The zero-order chi connectivity index (χ0) is 21.0. The van der Waals surface area contributed by atoms with Gasteiger partial charge in [-0.25, -0.2) is 4.98 Å². The van der Waals surface area contributed by atoms with Crippen LogP contribution in [0.2, 0.25) is 5.02 Å². The zero-order valence-corrected chi connectivity index (χ0v) is 20.9. The van der Waals surface area contributed by atoms with Gasteiger partial charge in [-0.1, -0.05) is 46.7 Å². The number of thiazole rings is 1. The van der Waals surface area contributed by atoms with E-state index in [1.165, 1.54) is 16.9 Å². The molecule has 2 aromatic carbocycles. The van der Waals surface area contributed by atoms with E-state index in [4.69, 9.17) is 16.6 Å². The van der Waals surface area contributed by atoms with Gasteiger partial charge in [-0.2, -0.15) is 0 Å². The molecule has 3 rings (SSSR count). The van der Waals surface area contributed by atoms with Crippen molar-refractivity contribution in [1.29, 1.82) is 0 Å². The summed E-state index contributed by atoms with van der Waals surface area (Å²) in [6, 6.07) is 12.1. The Hall–Kier alpha value is -1.31. The van der Waals surface area contributed by atoms with E-state index in [0.29, 0.717) is 17.3 Å². The number of carbonyl (C=O) groups is 1. The third-order valence-electron chi connectivity index (χ3n) is 4.59. The molecule has 0 aliphatic carbocycles. The molecule has 0 atom stereocenters. The normalized spacial score (nSPS) is 11.0. The molecular formula is C22H27Cl2N3OS2. The van der Waals surface area contributed by atoms with Crippen molar-refractivity contribution < 1.29 is 4.79 Å². The number of thioether (sulfide) groups is 1. The van der Waals surface area contributed by atoms with Crippen molar-refractivity contribution in [3.05, 3.63) is 52.5 Å². The summed E-state index contributed by atoms with van der Waals surface area (Å²) in [7, 11) is 4.08. The highest BCUT2D eigenvalue weighted by molar-refractivity contribution is 8.00. The molecule has 8 heteroatoms. The van der Waals surface area contributed by atoms with E-state index in [0.717, 1.165) is 38.8 Å². The summed E-state index contributed by atoms with van der Waals surface area (Å²) in [5, 5.41) is 1.41. The number of nitrogens with zero attached hydrogens (tertiary/aromatic N) is 3. The molecule has 0 bridgehead atoms. The molecule has 0 unspecified atom stereocenters. The Morgan fingerprint density at radius 2 is 1.80 bits per heavy atom. The smallest absolute Gasteiger partial charge is 0.239 e. The molecule has 162 valence electrons. The molecule has 0 radical (unpaired) electrons. The lowest BCUT2D eigenvalue weighted by atomic mass is 10.2. The molecule has 1 heterocycles. The van der Waals surface area contributed by atoms with Crippen LogP contribution in [0, 0.1) is 13.8 Å². The number of halogens is 2. The lowest BCUT2D eigenvalue weighted by Crippen LogP contribution is -2.34. The van der Waals surface area contributed by atoms with E-state index in [2.05, 4.69) is 36.1 Å². The van der Waals surface area contributed by atoms with Gasteiger partial charge in [0.2, 0.25) is 5.91 Å². The number of carbonyl (C=O) groups excluding carboxylic acids is 1. The summed E-state index contributed by atoms with van der Waals surface area (Å²) >= 11 is 9.44. The first kappa shape index (κ1) is 25.0. The molecular weight excluding hydrogens is 457 g/mol. The van der Waals surface area contributed by atoms with Crippen LogP contribution in [0.4, 0.5) is 5.13 Å². The van der Waals surface area contributed by atoms with Gasteiger partial charge in [-0.15, -0.1) is 24.2 Å². The van der Waals surface area contributed by atoms with Gasteiger partial charge in [-0.3, -0.25) is 9.69 Å². The standard InChI is InChI=1S/C22H26ClN3OS2.ClH/c1-15-6-9-17(10-7-15)28-14-19(27)26(13-5-12-25(3)4)22-24-20-16(2)8-11-18(23)21(20)29-22;/h6-11H,5,12-14H2,1-4H3;1H. The molecule has 3 aromatic rings. The topological polar surface area (TPSA) is 36.4 Å². The SMILES string of the molecule is Cc1ccc(SCC(=O)N(CCCN(C)C)c2nc3c(C)ccc(Cl)c3s2)cc1.Cl. The molecule has 1 aromatic heterocycles. The Kier molecular flexibility index (Phi) is 9.44. The summed E-state index contributed by atoms with van der Waals surface area (Å²) in [6.45, 7) is 5.64. The monoisotopic (exact) mass is 483 g/mol. The number of benzene rings is 2. The first-order valence-corrected chi connectivity index (χ1v) is 11.7. The van der Waals surface area contributed by atoms with Gasteiger partial charge >= 0.3 is 0 Å². The Morgan fingerprint density at radius 3 is 2.43 bits per heavy atom. The van der Waals surface area contributed by atoms with Crippen molar-refractivity contribution in [2.45, 2.75) is 25.2 Å². The van der Waals surface area contributed by atoms with Crippen molar-refractivity contribution in [1.82, 2.24) is 9.88 Å². The number of fused-ring (bicyclic) bond motifs is 1. The molecule has 0 saturated heterocycles. The van der Waals surface area contributed by atoms with Crippen LogP contribution >= 0.6 is 47.1 Å². The predicted octanol–water partition coefficient (Wildman–Crippen LogP) is 6.07. The maximum atomic E-state index is 13.1. The first-order valence-electron chi connectivity index (χ1n) is 9.55. The van der Waals surface area contributed by atoms with Crippen molar-refractivity contribution in [2.24, 2.45) is 0 Å². The molecule has 0 aliphatic rings. The van der Waals surface area contributed by atoms with Gasteiger partial charge in [0.1, 0.15) is 0 Å². The van der Waals surface area contributed by atoms with Crippen LogP contribution in [0.25, 0.3) is 10.2 Å². The minimum Gasteiger partial charge on any atom is -0.309 e. The average Bonchev–Trinajstić information content (AvgIpc) is 3.14. The molecule has 0 N–H and O–H groups in total. The second kappa shape index (κ2) is 11.3. The van der Waals surface area contributed by atoms with Crippen LogP contribution in [-0.2, 0) is 4.79 Å². The molecule has 0 spiro atoms. The van der Waals surface area contributed by atoms with E-state index in [-0.39, 0.29) is 18.3 Å². The van der Waals surface area contributed by atoms with Gasteiger partial charge < -0.3 is 4.90 Å². The maximum absolute atomic E-state index is 13.1. The fourth-order valence-corrected chi connectivity index (χ4v) is 5.07. The highest BCUT2D eigenvalue weighted by Gasteiger charge is 2.21. The highest BCUT2D eigenvalue weighted by atomic mass is 35.5. The fourth-order valence-electron chi connectivity index (χ4n) is 2.94. The second-order valence-corrected chi connectivity index (χ2v) is 9.78. The van der Waals surface area contributed by atoms with Crippen LogP contribution in [0.15, 0.2) is 41.3 Å². The lowest BCUT2D eigenvalue weighted by Gasteiger charge is -2.21. The maximum Gasteiger partial charge on any atom is 0.239 e. The van der Waals surface area contributed by atoms with E-state index in [1.807, 2.05) is 38.1 Å². The summed E-state index contributed by atoms with van der Waals surface area (Å²) in [6.07, 6.45) is 0.885. The average molecular weight is 485 g/mol. The third kappa shape index (κ3) is 6.34. The Morgan fingerprint density at radius 1 is 1.10 bits per heavy atom. The van der Waals surface area contributed by atoms with Crippen molar-refractivity contribution in [2.75, 3.05) is 37.8 Å². The number of anilines is 1. The Labute approximate surface area is 198 Å². The number of aryl methyl sites for hydroxylation is 2. The van der Waals surface area contributed by atoms with Crippen molar-refractivity contribution in [3.63, 3.8) is 0 Å². The van der Waals surface area contributed by atoms with E-state index in [1.54, 1.807) is 11.8 Å². The largest absolute Gasteiger partial charge is 0.309 e. The minimum absolute atomic E-state index is 0. The summed E-state index contributed by atoms with van der Waals surface area (Å²) in [5.41, 5.74) is 3.17. The van der Waals surface area contributed by atoms with E-state index < -0.39 is 0 Å². The number of hydrogen-bond donors (Lipinski definition) is 0. The van der Waals surface area contributed by atoms with Gasteiger partial charge in [-0.05, 0) is 64.7 Å². The first-order chi connectivity index (χ1) is 13.8. The summed E-state index contributed by atoms with van der Waals surface area (Å²) in [5.74, 6) is 0.454. The summed E-state index contributed by atoms with van der Waals surface area (Å²) in [4.78, 5) is 23.0.